The van der Waals surface area contributed by atoms with E-state index in [4.69, 9.17) is 9.72 Å². The van der Waals surface area contributed by atoms with Gasteiger partial charge in [0.05, 0.1) is 24.9 Å². The summed E-state index contributed by atoms with van der Waals surface area (Å²) < 4.78 is 8.37. The molecular weight excluding hydrogens is 314 g/mol. The largest absolute Gasteiger partial charge is 0.375 e. The molecule has 0 spiro atoms. The van der Waals surface area contributed by atoms with Crippen molar-refractivity contribution in [2.24, 2.45) is 0 Å². The minimum Gasteiger partial charge on any atom is -0.375 e. The van der Waals surface area contributed by atoms with E-state index in [9.17, 15) is 0 Å². The molecule has 2 fully saturated rings. The SMILES string of the molecule is CC(C)N1CCn2cc(CC(C)N3CCOC4CCNCC43)nc2C1. The predicted octanol–water partition coefficient (Wildman–Crippen LogP) is 1.10. The molecule has 6 nitrogen and oxygen atoms in total. The highest BCUT2D eigenvalue weighted by molar-refractivity contribution is 5.08. The highest BCUT2D eigenvalue weighted by Crippen LogP contribution is 2.23. The average Bonchev–Trinajstić information content (AvgIpc) is 3.02. The molecule has 1 aromatic heterocycles. The van der Waals surface area contributed by atoms with Crippen LogP contribution in [0.25, 0.3) is 0 Å². The Morgan fingerprint density at radius 1 is 1.28 bits per heavy atom. The van der Waals surface area contributed by atoms with Gasteiger partial charge in [0.1, 0.15) is 5.82 Å². The number of ether oxygens (including phenoxy) is 1. The first-order valence-electron chi connectivity index (χ1n) is 9.99. The zero-order valence-electron chi connectivity index (χ0n) is 15.9. The molecule has 0 aromatic carbocycles. The summed E-state index contributed by atoms with van der Waals surface area (Å²) in [4.78, 5) is 10.1. The van der Waals surface area contributed by atoms with Crippen LogP contribution in [0, 0.1) is 0 Å². The minimum atomic E-state index is 0.409. The maximum atomic E-state index is 6.01. The molecule has 6 heteroatoms. The lowest BCUT2D eigenvalue weighted by molar-refractivity contribution is -0.0945. The summed E-state index contributed by atoms with van der Waals surface area (Å²) in [5.41, 5.74) is 1.25. The third-order valence-electron chi connectivity index (χ3n) is 6.18. The van der Waals surface area contributed by atoms with Gasteiger partial charge in [-0.25, -0.2) is 4.98 Å². The van der Waals surface area contributed by atoms with Crippen LogP contribution in [0.3, 0.4) is 0 Å². The van der Waals surface area contributed by atoms with Gasteiger partial charge in [-0.3, -0.25) is 9.80 Å². The average molecular weight is 348 g/mol. The van der Waals surface area contributed by atoms with Gasteiger partial charge in [0.2, 0.25) is 0 Å². The molecule has 2 saturated heterocycles. The van der Waals surface area contributed by atoms with Crippen molar-refractivity contribution in [2.75, 3.05) is 32.8 Å². The van der Waals surface area contributed by atoms with E-state index in [-0.39, 0.29) is 0 Å². The standard InChI is InChI=1S/C19H33N5O/c1-14(2)22-6-7-23-12-16(21-19(23)13-22)10-15(3)24-8-9-25-18-4-5-20-11-17(18)24/h12,14-15,17-18,20H,4-11,13H2,1-3H3. The summed E-state index contributed by atoms with van der Waals surface area (Å²) in [6.07, 6.45) is 4.87. The van der Waals surface area contributed by atoms with Crippen molar-refractivity contribution in [3.8, 4) is 0 Å². The van der Waals surface area contributed by atoms with E-state index >= 15 is 0 Å². The van der Waals surface area contributed by atoms with E-state index in [2.05, 4.69) is 46.7 Å². The number of nitrogens with zero attached hydrogens (tertiary/aromatic N) is 4. The smallest absolute Gasteiger partial charge is 0.123 e. The second kappa shape index (κ2) is 7.35. The molecule has 0 saturated carbocycles. The van der Waals surface area contributed by atoms with E-state index in [1.165, 1.54) is 11.5 Å². The molecule has 1 N–H and O–H groups in total. The van der Waals surface area contributed by atoms with Crippen LogP contribution < -0.4 is 5.32 Å². The number of morpholine rings is 1. The molecular formula is C19H33N5O. The van der Waals surface area contributed by atoms with Crippen molar-refractivity contribution in [1.82, 2.24) is 24.7 Å². The zero-order chi connectivity index (χ0) is 17.4. The molecule has 0 radical (unpaired) electrons. The molecule has 4 heterocycles. The molecule has 1 aromatic rings. The molecule has 140 valence electrons. The Kier molecular flexibility index (Phi) is 5.13. The molecule has 25 heavy (non-hydrogen) atoms. The van der Waals surface area contributed by atoms with Gasteiger partial charge < -0.3 is 14.6 Å². The number of fused-ring (bicyclic) bond motifs is 2. The fraction of sp³-hybridized carbons (Fsp3) is 0.842. The van der Waals surface area contributed by atoms with E-state index in [1.54, 1.807) is 0 Å². The van der Waals surface area contributed by atoms with Crippen molar-refractivity contribution in [3.63, 3.8) is 0 Å². The first kappa shape index (κ1) is 17.5. The maximum absolute atomic E-state index is 6.01. The lowest BCUT2D eigenvalue weighted by atomic mass is 9.97. The summed E-state index contributed by atoms with van der Waals surface area (Å²) in [7, 11) is 0. The van der Waals surface area contributed by atoms with Crippen LogP contribution in [-0.4, -0.2) is 76.4 Å². The number of hydrogen-bond donors (Lipinski definition) is 1. The first-order valence-corrected chi connectivity index (χ1v) is 9.99. The first-order chi connectivity index (χ1) is 12.1. The Morgan fingerprint density at radius 3 is 3.00 bits per heavy atom. The summed E-state index contributed by atoms with van der Waals surface area (Å²) in [6.45, 7) is 14.1. The van der Waals surface area contributed by atoms with Crippen LogP contribution in [0.5, 0.6) is 0 Å². The number of nitrogens with one attached hydrogen (secondary N) is 1. The topological polar surface area (TPSA) is 45.6 Å². The Balaban J connectivity index is 1.42. The lowest BCUT2D eigenvalue weighted by Gasteiger charge is -2.46. The van der Waals surface area contributed by atoms with Gasteiger partial charge in [-0.05, 0) is 33.7 Å². The van der Waals surface area contributed by atoms with Crippen molar-refractivity contribution in [1.29, 1.82) is 0 Å². The van der Waals surface area contributed by atoms with Crippen LogP contribution in [0.1, 0.15) is 38.7 Å². The normalized spacial score (nSPS) is 29.4. The van der Waals surface area contributed by atoms with Gasteiger partial charge in [0.25, 0.3) is 0 Å². The zero-order valence-corrected chi connectivity index (χ0v) is 15.9. The van der Waals surface area contributed by atoms with Crippen LogP contribution >= 0.6 is 0 Å². The second-order valence-electron chi connectivity index (χ2n) is 8.17. The number of imidazole rings is 1. The molecule has 0 aliphatic carbocycles. The van der Waals surface area contributed by atoms with Gasteiger partial charge in [0, 0.05) is 56.9 Å². The summed E-state index contributed by atoms with van der Waals surface area (Å²) in [5.74, 6) is 1.24. The fourth-order valence-electron chi connectivity index (χ4n) is 4.65. The second-order valence-corrected chi connectivity index (χ2v) is 8.17. The lowest BCUT2D eigenvalue weighted by Crippen LogP contribution is -2.61. The predicted molar refractivity (Wildman–Crippen MR) is 98.7 cm³/mol. The van der Waals surface area contributed by atoms with Crippen molar-refractivity contribution < 1.29 is 4.74 Å². The van der Waals surface area contributed by atoms with E-state index < -0.39 is 0 Å². The Labute approximate surface area is 151 Å². The molecule has 4 rings (SSSR count). The maximum Gasteiger partial charge on any atom is 0.123 e. The quantitative estimate of drug-likeness (QED) is 0.884. The van der Waals surface area contributed by atoms with Crippen LogP contribution in [0.15, 0.2) is 6.20 Å². The van der Waals surface area contributed by atoms with Crippen LogP contribution in [0.2, 0.25) is 0 Å². The Bertz CT molecular complexity index is 584. The van der Waals surface area contributed by atoms with E-state index in [1.807, 2.05) is 0 Å². The third kappa shape index (κ3) is 3.63. The van der Waals surface area contributed by atoms with E-state index in [0.29, 0.717) is 24.2 Å². The number of piperidine rings is 1. The van der Waals surface area contributed by atoms with Crippen molar-refractivity contribution >= 4 is 0 Å². The summed E-state index contributed by atoms with van der Waals surface area (Å²) in [5, 5.41) is 3.54. The monoisotopic (exact) mass is 347 g/mol. The molecule has 3 aliphatic rings. The Hall–Kier alpha value is -0.950. The molecule has 3 aliphatic heterocycles. The third-order valence-corrected chi connectivity index (χ3v) is 6.18. The highest BCUT2D eigenvalue weighted by Gasteiger charge is 2.36. The highest BCUT2D eigenvalue weighted by atomic mass is 16.5. The van der Waals surface area contributed by atoms with Gasteiger partial charge in [0.15, 0.2) is 0 Å². The van der Waals surface area contributed by atoms with E-state index in [0.717, 1.165) is 58.7 Å². The van der Waals surface area contributed by atoms with Gasteiger partial charge in [-0.2, -0.15) is 0 Å². The fourth-order valence-corrected chi connectivity index (χ4v) is 4.65. The van der Waals surface area contributed by atoms with Gasteiger partial charge in [-0.1, -0.05) is 0 Å². The van der Waals surface area contributed by atoms with Crippen molar-refractivity contribution in [2.45, 2.75) is 70.9 Å². The number of aromatic nitrogens is 2. The summed E-state index contributed by atoms with van der Waals surface area (Å²) >= 11 is 0. The number of hydrogen-bond acceptors (Lipinski definition) is 5. The van der Waals surface area contributed by atoms with Crippen molar-refractivity contribution in [3.05, 3.63) is 17.7 Å². The van der Waals surface area contributed by atoms with Gasteiger partial charge in [-0.15, -0.1) is 0 Å². The number of rotatable bonds is 4. The van der Waals surface area contributed by atoms with Crippen LogP contribution in [-0.2, 0) is 24.2 Å². The molecule has 0 bridgehead atoms. The molecule has 0 amide bonds. The summed E-state index contributed by atoms with van der Waals surface area (Å²) in [6, 6.07) is 1.62. The van der Waals surface area contributed by atoms with Gasteiger partial charge >= 0.3 is 0 Å². The van der Waals surface area contributed by atoms with Crippen LogP contribution in [0.4, 0.5) is 0 Å². The molecule has 3 atom stereocenters. The molecule has 3 unspecified atom stereocenters. The Morgan fingerprint density at radius 2 is 2.16 bits per heavy atom. The minimum absolute atomic E-state index is 0.409.